The van der Waals surface area contributed by atoms with E-state index in [1.165, 1.54) is 10.8 Å². The molecule has 0 saturated heterocycles. The average Bonchev–Trinajstić information content (AvgIpc) is 3.92. The quantitative estimate of drug-likeness (QED) is 0.182. The third-order valence-electron chi connectivity index (χ3n) is 11.9. The first kappa shape index (κ1) is 31.3. The number of para-hydroxylation sites is 4. The molecule has 0 atom stereocenters. The molecule has 5 heteroatoms. The highest BCUT2D eigenvalue weighted by Crippen LogP contribution is 2.44. The van der Waals surface area contributed by atoms with Crippen LogP contribution in [0.25, 0.3) is 104 Å². The van der Waals surface area contributed by atoms with Crippen molar-refractivity contribution in [3.05, 3.63) is 187 Å². The summed E-state index contributed by atoms with van der Waals surface area (Å²) in [6.07, 6.45) is 0. The van der Waals surface area contributed by atoms with E-state index in [0.29, 0.717) is 22.5 Å². The number of hydrogen-bond donors (Lipinski definition) is 0. The van der Waals surface area contributed by atoms with Crippen molar-refractivity contribution in [3.8, 4) is 29.2 Å². The summed E-state index contributed by atoms with van der Waals surface area (Å²) in [6, 6.07) is 66.4. The van der Waals surface area contributed by atoms with Crippen LogP contribution in [-0.4, -0.2) is 13.7 Å². The van der Waals surface area contributed by atoms with Gasteiger partial charge in [0.2, 0.25) is 0 Å². The van der Waals surface area contributed by atoms with E-state index in [0.717, 1.165) is 81.9 Å². The zero-order valence-corrected chi connectivity index (χ0v) is 30.5. The van der Waals surface area contributed by atoms with E-state index in [9.17, 15) is 10.5 Å². The topological polar surface area (TPSA) is 62.4 Å². The summed E-state index contributed by atoms with van der Waals surface area (Å²) in [5.41, 5.74) is 9.37. The number of hydrogen-bond acceptors (Lipinski definition) is 2. The molecule has 0 N–H and O–H groups in total. The molecular formula is C52H29N5. The van der Waals surface area contributed by atoms with Gasteiger partial charge < -0.3 is 13.7 Å². The van der Waals surface area contributed by atoms with Gasteiger partial charge in [-0.15, -0.1) is 0 Å². The SMILES string of the molecule is N#Cc1cc(-n2c3ccc4ccccc4c3c3cccc(-n4c5ccccc5c5ccccc54)c32)c(C#N)cc1-n1c2ccccc2c2c3ccccc3ccc21. The van der Waals surface area contributed by atoms with Crippen LogP contribution in [0.4, 0.5) is 0 Å². The van der Waals surface area contributed by atoms with Crippen molar-refractivity contribution in [2.75, 3.05) is 0 Å². The fourth-order valence-corrected chi connectivity index (χ4v) is 9.56. The summed E-state index contributed by atoms with van der Waals surface area (Å²) in [6.45, 7) is 0. The Morgan fingerprint density at radius 2 is 0.737 bits per heavy atom. The molecule has 9 aromatic carbocycles. The lowest BCUT2D eigenvalue weighted by Crippen LogP contribution is -2.05. The van der Waals surface area contributed by atoms with Crippen molar-refractivity contribution in [3.63, 3.8) is 0 Å². The Bertz CT molecular complexity index is 3730. The van der Waals surface area contributed by atoms with Gasteiger partial charge >= 0.3 is 0 Å². The molecule has 5 nitrogen and oxygen atoms in total. The first-order valence-corrected chi connectivity index (χ1v) is 19.1. The zero-order chi connectivity index (χ0) is 37.8. The predicted molar refractivity (Wildman–Crippen MR) is 234 cm³/mol. The van der Waals surface area contributed by atoms with Gasteiger partial charge in [-0.05, 0) is 70.1 Å². The molecular weight excluding hydrogens is 695 g/mol. The van der Waals surface area contributed by atoms with E-state index in [2.05, 4.69) is 184 Å². The highest BCUT2D eigenvalue weighted by atomic mass is 15.1. The Morgan fingerprint density at radius 3 is 1.32 bits per heavy atom. The number of aromatic nitrogens is 3. The van der Waals surface area contributed by atoms with Gasteiger partial charge in [-0.25, -0.2) is 0 Å². The first-order chi connectivity index (χ1) is 28.2. The molecule has 0 amide bonds. The Balaban J connectivity index is 1.23. The summed E-state index contributed by atoms with van der Waals surface area (Å²) in [7, 11) is 0. The van der Waals surface area contributed by atoms with Crippen LogP contribution in [0.2, 0.25) is 0 Å². The highest BCUT2D eigenvalue weighted by molar-refractivity contribution is 6.24. The maximum Gasteiger partial charge on any atom is 0.101 e. The van der Waals surface area contributed by atoms with Crippen molar-refractivity contribution in [2.45, 2.75) is 0 Å². The molecule has 0 fully saturated rings. The van der Waals surface area contributed by atoms with Gasteiger partial charge in [-0.1, -0.05) is 127 Å². The molecule has 3 heterocycles. The normalized spacial score (nSPS) is 11.8. The molecule has 262 valence electrons. The largest absolute Gasteiger partial charge is 0.308 e. The lowest BCUT2D eigenvalue weighted by atomic mass is 10.0. The van der Waals surface area contributed by atoms with Crippen LogP contribution in [0.1, 0.15) is 11.1 Å². The van der Waals surface area contributed by atoms with Gasteiger partial charge in [-0.3, -0.25) is 0 Å². The van der Waals surface area contributed by atoms with Gasteiger partial charge in [0.15, 0.2) is 0 Å². The van der Waals surface area contributed by atoms with Gasteiger partial charge in [0.1, 0.15) is 12.1 Å². The molecule has 0 bridgehead atoms. The minimum absolute atomic E-state index is 0.472. The third kappa shape index (κ3) is 4.20. The number of fused-ring (bicyclic) bond motifs is 13. The summed E-state index contributed by atoms with van der Waals surface area (Å²) < 4.78 is 6.72. The number of benzene rings is 9. The van der Waals surface area contributed by atoms with Crippen molar-refractivity contribution in [2.24, 2.45) is 0 Å². The fraction of sp³-hybridized carbons (Fsp3) is 0. The molecule has 0 aliphatic rings. The molecule has 3 aromatic heterocycles. The van der Waals surface area contributed by atoms with Crippen LogP contribution in [0.15, 0.2) is 176 Å². The highest BCUT2D eigenvalue weighted by Gasteiger charge is 2.25. The second-order valence-electron chi connectivity index (χ2n) is 14.7. The molecule has 57 heavy (non-hydrogen) atoms. The monoisotopic (exact) mass is 723 g/mol. The molecule has 12 rings (SSSR count). The molecule has 12 aromatic rings. The van der Waals surface area contributed by atoms with Crippen molar-refractivity contribution >= 4 is 87.0 Å². The lowest BCUT2D eigenvalue weighted by molar-refractivity contribution is 1.11. The van der Waals surface area contributed by atoms with Gasteiger partial charge in [0.25, 0.3) is 0 Å². The summed E-state index contributed by atoms with van der Waals surface area (Å²) >= 11 is 0. The molecule has 0 aliphatic carbocycles. The molecule has 0 unspecified atom stereocenters. The summed E-state index contributed by atoms with van der Waals surface area (Å²) in [4.78, 5) is 0. The van der Waals surface area contributed by atoms with E-state index in [1.54, 1.807) is 0 Å². The standard InChI is InChI=1S/C52H29N5/c53-30-34-29-49(35(31-54)28-48(34)56-44-22-10-7-18-40(44)50-36-14-3-1-12-32(36)24-26-45(50)56)57-46-27-25-33-13-2-4-15-37(33)51(46)41-19-11-23-47(52(41)57)55-42-20-8-5-16-38(42)39-17-6-9-21-43(39)55/h1-29H. The smallest absolute Gasteiger partial charge is 0.101 e. The predicted octanol–water partition coefficient (Wildman–Crippen LogP) is 13.0. The Labute approximate surface area is 326 Å². The number of nitriles is 2. The molecule has 0 aliphatic heterocycles. The van der Waals surface area contributed by atoms with E-state index < -0.39 is 0 Å². The van der Waals surface area contributed by atoms with Crippen molar-refractivity contribution in [1.29, 1.82) is 10.5 Å². The lowest BCUT2D eigenvalue weighted by Gasteiger charge is -2.17. The van der Waals surface area contributed by atoms with E-state index >= 15 is 0 Å². The van der Waals surface area contributed by atoms with Crippen molar-refractivity contribution in [1.82, 2.24) is 13.7 Å². The van der Waals surface area contributed by atoms with Crippen LogP contribution in [0.5, 0.6) is 0 Å². The van der Waals surface area contributed by atoms with Crippen LogP contribution < -0.4 is 0 Å². The average molecular weight is 724 g/mol. The second kappa shape index (κ2) is 11.7. The van der Waals surface area contributed by atoms with Crippen molar-refractivity contribution < 1.29 is 0 Å². The van der Waals surface area contributed by atoms with E-state index in [-0.39, 0.29) is 0 Å². The van der Waals surface area contributed by atoms with Gasteiger partial charge in [0.05, 0.1) is 61.3 Å². The van der Waals surface area contributed by atoms with Gasteiger partial charge in [0, 0.05) is 32.3 Å². The van der Waals surface area contributed by atoms with E-state index in [1.807, 2.05) is 18.2 Å². The maximum absolute atomic E-state index is 11.2. The molecule has 0 spiro atoms. The fourth-order valence-electron chi connectivity index (χ4n) is 9.56. The maximum atomic E-state index is 11.2. The Kier molecular flexibility index (Phi) is 6.41. The Morgan fingerprint density at radius 1 is 0.316 bits per heavy atom. The molecule has 0 saturated carbocycles. The molecule has 0 radical (unpaired) electrons. The van der Waals surface area contributed by atoms with Gasteiger partial charge in [-0.2, -0.15) is 10.5 Å². The second-order valence-corrected chi connectivity index (χ2v) is 14.7. The minimum atomic E-state index is 0.472. The zero-order valence-electron chi connectivity index (χ0n) is 30.5. The van der Waals surface area contributed by atoms with Crippen LogP contribution in [-0.2, 0) is 0 Å². The van der Waals surface area contributed by atoms with E-state index in [4.69, 9.17) is 0 Å². The number of nitrogens with zero attached hydrogens (tertiary/aromatic N) is 5. The number of rotatable bonds is 3. The summed E-state index contributed by atoms with van der Waals surface area (Å²) in [5.74, 6) is 0. The van der Waals surface area contributed by atoms with Crippen LogP contribution in [0.3, 0.4) is 0 Å². The van der Waals surface area contributed by atoms with Crippen LogP contribution >= 0.6 is 0 Å². The minimum Gasteiger partial charge on any atom is -0.308 e. The Hall–Kier alpha value is -8.12. The summed E-state index contributed by atoms with van der Waals surface area (Å²) in [5, 5.41) is 33.5. The third-order valence-corrected chi connectivity index (χ3v) is 11.9. The first-order valence-electron chi connectivity index (χ1n) is 19.1. The van der Waals surface area contributed by atoms with Crippen LogP contribution in [0, 0.1) is 22.7 Å².